The first-order valence-corrected chi connectivity index (χ1v) is 7.37. The van der Waals surface area contributed by atoms with Gasteiger partial charge >= 0.3 is 0 Å². The number of nitrogens with zero attached hydrogens (tertiary/aromatic N) is 2. The van der Waals surface area contributed by atoms with Gasteiger partial charge in [0.15, 0.2) is 0 Å². The molecule has 1 aliphatic heterocycles. The third-order valence-corrected chi connectivity index (χ3v) is 4.08. The van der Waals surface area contributed by atoms with Crippen molar-refractivity contribution >= 4 is 28.9 Å². The minimum atomic E-state index is -0.506. The number of halogens is 1. The topological polar surface area (TPSA) is 75.5 Å². The fraction of sp³-hybridized carbons (Fsp3) is 0.500. The van der Waals surface area contributed by atoms with Gasteiger partial charge in [0, 0.05) is 30.2 Å². The quantitative estimate of drug-likeness (QED) is 0.688. The SMILES string of the molecule is C[C@@H]1CN(CC2CC2)C(=O)c2cc(Cl)cc([N+](=O)[O-])c2N1. The van der Waals surface area contributed by atoms with Gasteiger partial charge in [-0.05, 0) is 31.7 Å². The van der Waals surface area contributed by atoms with Crippen molar-refractivity contribution in [2.45, 2.75) is 25.8 Å². The Hall–Kier alpha value is -1.82. The highest BCUT2D eigenvalue weighted by Crippen LogP contribution is 2.36. The summed E-state index contributed by atoms with van der Waals surface area (Å²) in [6, 6.07) is 2.75. The Morgan fingerprint density at radius 3 is 2.81 bits per heavy atom. The first-order valence-electron chi connectivity index (χ1n) is 6.99. The van der Waals surface area contributed by atoms with Crippen LogP contribution in [0.4, 0.5) is 11.4 Å². The number of nitro benzene ring substituents is 1. The minimum Gasteiger partial charge on any atom is -0.375 e. The van der Waals surface area contributed by atoms with Gasteiger partial charge in [-0.25, -0.2) is 0 Å². The van der Waals surface area contributed by atoms with Crippen LogP contribution in [0.15, 0.2) is 12.1 Å². The number of rotatable bonds is 3. The van der Waals surface area contributed by atoms with Crippen LogP contribution in [0.25, 0.3) is 0 Å². The van der Waals surface area contributed by atoms with Crippen LogP contribution in [-0.2, 0) is 0 Å². The van der Waals surface area contributed by atoms with Crippen LogP contribution in [0.5, 0.6) is 0 Å². The number of carbonyl (C=O) groups excluding carboxylic acids is 1. The van der Waals surface area contributed by atoms with Gasteiger partial charge < -0.3 is 10.2 Å². The molecule has 0 saturated heterocycles. The third-order valence-electron chi connectivity index (χ3n) is 3.86. The Labute approximate surface area is 127 Å². The summed E-state index contributed by atoms with van der Waals surface area (Å²) in [7, 11) is 0. The molecule has 0 bridgehead atoms. The van der Waals surface area contributed by atoms with Gasteiger partial charge in [-0.15, -0.1) is 0 Å². The lowest BCUT2D eigenvalue weighted by Gasteiger charge is -2.22. The molecule has 3 rings (SSSR count). The molecule has 1 saturated carbocycles. The molecule has 112 valence electrons. The molecule has 21 heavy (non-hydrogen) atoms. The molecule has 1 fully saturated rings. The molecule has 1 atom stereocenters. The first-order chi connectivity index (χ1) is 9.95. The second-order valence-corrected chi connectivity index (χ2v) is 6.24. The van der Waals surface area contributed by atoms with Crippen molar-refractivity contribution in [2.24, 2.45) is 5.92 Å². The molecule has 0 radical (unpaired) electrons. The molecule has 7 heteroatoms. The monoisotopic (exact) mass is 309 g/mol. The van der Waals surface area contributed by atoms with E-state index >= 15 is 0 Å². The number of nitro groups is 1. The van der Waals surface area contributed by atoms with E-state index in [9.17, 15) is 14.9 Å². The number of nitrogens with one attached hydrogen (secondary N) is 1. The molecule has 1 amide bonds. The number of fused-ring (bicyclic) bond motifs is 1. The van der Waals surface area contributed by atoms with E-state index in [2.05, 4.69) is 5.32 Å². The Morgan fingerprint density at radius 2 is 2.19 bits per heavy atom. The number of carbonyl (C=O) groups is 1. The maximum Gasteiger partial charge on any atom is 0.294 e. The van der Waals surface area contributed by atoms with Crippen molar-refractivity contribution in [3.63, 3.8) is 0 Å². The smallest absolute Gasteiger partial charge is 0.294 e. The Morgan fingerprint density at radius 1 is 1.48 bits per heavy atom. The molecule has 6 nitrogen and oxygen atoms in total. The predicted molar refractivity (Wildman–Crippen MR) is 79.8 cm³/mol. The van der Waals surface area contributed by atoms with Crippen molar-refractivity contribution in [2.75, 3.05) is 18.4 Å². The lowest BCUT2D eigenvalue weighted by molar-refractivity contribution is -0.384. The maximum atomic E-state index is 12.7. The third kappa shape index (κ3) is 2.81. The van der Waals surface area contributed by atoms with Crippen LogP contribution in [-0.4, -0.2) is 34.9 Å². The van der Waals surface area contributed by atoms with Crippen LogP contribution in [0.3, 0.4) is 0 Å². The van der Waals surface area contributed by atoms with Gasteiger partial charge in [0.05, 0.1) is 10.5 Å². The van der Waals surface area contributed by atoms with E-state index in [1.54, 1.807) is 4.90 Å². The fourth-order valence-corrected chi connectivity index (χ4v) is 2.91. The molecule has 0 unspecified atom stereocenters. The average molecular weight is 310 g/mol. The molecule has 0 aromatic heterocycles. The average Bonchev–Trinajstić information content (AvgIpc) is 3.22. The van der Waals surface area contributed by atoms with E-state index < -0.39 is 4.92 Å². The summed E-state index contributed by atoms with van der Waals surface area (Å²) in [4.78, 5) is 25.2. The lowest BCUT2D eigenvalue weighted by atomic mass is 10.1. The van der Waals surface area contributed by atoms with E-state index in [-0.39, 0.29) is 28.3 Å². The van der Waals surface area contributed by atoms with Gasteiger partial charge in [-0.2, -0.15) is 0 Å². The van der Waals surface area contributed by atoms with E-state index in [0.29, 0.717) is 24.6 Å². The highest BCUT2D eigenvalue weighted by atomic mass is 35.5. The zero-order chi connectivity index (χ0) is 15.1. The Bertz CT molecular complexity index is 616. The maximum absolute atomic E-state index is 12.7. The molecule has 1 heterocycles. The van der Waals surface area contributed by atoms with Gasteiger partial charge in [0.1, 0.15) is 5.69 Å². The molecule has 1 aliphatic carbocycles. The predicted octanol–water partition coefficient (Wildman–Crippen LogP) is 2.91. The van der Waals surface area contributed by atoms with E-state index in [1.165, 1.54) is 12.1 Å². The minimum absolute atomic E-state index is 0.0474. The van der Waals surface area contributed by atoms with E-state index in [0.717, 1.165) is 12.8 Å². The zero-order valence-electron chi connectivity index (χ0n) is 11.6. The second kappa shape index (κ2) is 5.18. The van der Waals surface area contributed by atoms with Crippen molar-refractivity contribution in [1.82, 2.24) is 4.90 Å². The molecule has 1 aromatic rings. The summed E-state index contributed by atoms with van der Waals surface area (Å²) in [6.07, 6.45) is 2.29. The Balaban J connectivity index is 2.05. The van der Waals surface area contributed by atoms with Gasteiger partial charge in [0.2, 0.25) is 0 Å². The zero-order valence-corrected chi connectivity index (χ0v) is 12.4. The van der Waals surface area contributed by atoms with Crippen LogP contribution in [0.1, 0.15) is 30.1 Å². The summed E-state index contributed by atoms with van der Waals surface area (Å²) < 4.78 is 0. The second-order valence-electron chi connectivity index (χ2n) is 5.80. The number of anilines is 1. The van der Waals surface area contributed by atoms with Crippen LogP contribution < -0.4 is 5.32 Å². The molecule has 0 spiro atoms. The largest absolute Gasteiger partial charge is 0.375 e. The number of benzene rings is 1. The first kappa shape index (κ1) is 14.1. The van der Waals surface area contributed by atoms with E-state index in [1.807, 2.05) is 6.92 Å². The summed E-state index contributed by atoms with van der Waals surface area (Å²) in [5, 5.41) is 14.5. The summed E-state index contributed by atoms with van der Waals surface area (Å²) in [6.45, 7) is 3.17. The van der Waals surface area contributed by atoms with Crippen molar-refractivity contribution in [1.29, 1.82) is 0 Å². The van der Waals surface area contributed by atoms with Crippen molar-refractivity contribution in [3.8, 4) is 0 Å². The standard InChI is InChI=1S/C14H16ClN3O3/c1-8-6-17(7-9-2-3-9)14(19)11-4-10(15)5-12(18(20)21)13(11)16-8/h4-5,8-9,16H,2-3,6-7H2,1H3/t8-/m1/s1. The van der Waals surface area contributed by atoms with Crippen LogP contribution in [0, 0.1) is 16.0 Å². The number of hydrogen-bond acceptors (Lipinski definition) is 4. The number of hydrogen-bond donors (Lipinski definition) is 1. The molecule has 1 N–H and O–H groups in total. The van der Waals surface area contributed by atoms with Crippen molar-refractivity contribution in [3.05, 3.63) is 32.8 Å². The summed E-state index contributed by atoms with van der Waals surface area (Å²) >= 11 is 5.94. The molecular formula is C14H16ClN3O3. The molecular weight excluding hydrogens is 294 g/mol. The van der Waals surface area contributed by atoms with Crippen LogP contribution >= 0.6 is 11.6 Å². The highest BCUT2D eigenvalue weighted by Gasteiger charge is 2.34. The molecule has 2 aliphatic rings. The van der Waals surface area contributed by atoms with Gasteiger partial charge in [-0.3, -0.25) is 14.9 Å². The number of amides is 1. The van der Waals surface area contributed by atoms with Crippen LogP contribution in [0.2, 0.25) is 5.02 Å². The molecule has 1 aromatic carbocycles. The fourth-order valence-electron chi connectivity index (χ4n) is 2.70. The van der Waals surface area contributed by atoms with Gasteiger partial charge in [0.25, 0.3) is 11.6 Å². The lowest BCUT2D eigenvalue weighted by Crippen LogP contribution is -2.37. The highest BCUT2D eigenvalue weighted by molar-refractivity contribution is 6.31. The Kier molecular flexibility index (Phi) is 3.49. The summed E-state index contributed by atoms with van der Waals surface area (Å²) in [5.74, 6) is 0.385. The van der Waals surface area contributed by atoms with E-state index in [4.69, 9.17) is 11.6 Å². The van der Waals surface area contributed by atoms with Crippen molar-refractivity contribution < 1.29 is 9.72 Å². The summed E-state index contributed by atoms with van der Waals surface area (Å²) in [5.41, 5.74) is 0.422. The van der Waals surface area contributed by atoms with Gasteiger partial charge in [-0.1, -0.05) is 11.6 Å². The normalized spacial score (nSPS) is 21.5.